The minimum atomic E-state index is -3.75. The molecule has 0 unspecified atom stereocenters. The minimum Gasteiger partial charge on any atom is -0.280 e. The van der Waals surface area contributed by atoms with Crippen LogP contribution in [-0.4, -0.2) is 34.2 Å². The number of piperidine rings is 1. The van der Waals surface area contributed by atoms with E-state index in [1.807, 2.05) is 12.1 Å². The van der Waals surface area contributed by atoms with Gasteiger partial charge in [-0.3, -0.25) is 4.72 Å². The summed E-state index contributed by atoms with van der Waals surface area (Å²) in [7, 11) is -7.29. The second-order valence-electron chi connectivity index (χ2n) is 8.37. The van der Waals surface area contributed by atoms with Crippen molar-refractivity contribution < 1.29 is 16.8 Å². The highest BCUT2D eigenvalue weighted by molar-refractivity contribution is 7.92. The highest BCUT2D eigenvalue weighted by atomic mass is 32.2. The van der Waals surface area contributed by atoms with Gasteiger partial charge in [0.15, 0.2) is 0 Å². The molecule has 0 aromatic heterocycles. The summed E-state index contributed by atoms with van der Waals surface area (Å²) in [5.74, 6) is 0. The Morgan fingerprint density at radius 3 is 1.79 bits per heavy atom. The van der Waals surface area contributed by atoms with Crippen LogP contribution in [0.4, 0.5) is 5.69 Å². The van der Waals surface area contributed by atoms with Crippen LogP contribution in [0, 0.1) is 0 Å². The van der Waals surface area contributed by atoms with E-state index >= 15 is 0 Å². The zero-order valence-electron chi connectivity index (χ0n) is 17.1. The van der Waals surface area contributed by atoms with Gasteiger partial charge in [0.05, 0.1) is 9.79 Å². The molecule has 1 aliphatic heterocycles. The maximum absolute atomic E-state index is 12.7. The van der Waals surface area contributed by atoms with Crippen molar-refractivity contribution in [3.8, 4) is 0 Å². The van der Waals surface area contributed by atoms with Crippen LogP contribution in [0.3, 0.4) is 0 Å². The zero-order chi connectivity index (χ0) is 21.3. The first-order chi connectivity index (χ1) is 13.5. The molecule has 0 saturated carbocycles. The van der Waals surface area contributed by atoms with Gasteiger partial charge >= 0.3 is 0 Å². The van der Waals surface area contributed by atoms with Crippen molar-refractivity contribution in [3.63, 3.8) is 0 Å². The van der Waals surface area contributed by atoms with Crippen LogP contribution < -0.4 is 4.72 Å². The van der Waals surface area contributed by atoms with Crippen molar-refractivity contribution in [3.05, 3.63) is 54.1 Å². The first-order valence-electron chi connectivity index (χ1n) is 9.74. The van der Waals surface area contributed by atoms with Crippen LogP contribution in [-0.2, 0) is 25.5 Å². The van der Waals surface area contributed by atoms with Gasteiger partial charge in [0.1, 0.15) is 0 Å². The van der Waals surface area contributed by atoms with Crippen LogP contribution in [0.5, 0.6) is 0 Å². The standard InChI is InChI=1S/C21H28N2O4S2/c1-21(2,3)17-7-11-19(12-8-17)28(24,25)22-18-9-13-20(14-10-18)29(26,27)23-15-5-4-6-16-23/h7-14,22H,4-6,15-16H2,1-3H3. The van der Waals surface area contributed by atoms with Crippen LogP contribution in [0.15, 0.2) is 58.3 Å². The molecule has 1 heterocycles. The van der Waals surface area contributed by atoms with Crippen LogP contribution >= 0.6 is 0 Å². The molecule has 0 atom stereocenters. The normalized spacial score (nSPS) is 16.5. The van der Waals surface area contributed by atoms with Crippen LogP contribution in [0.2, 0.25) is 0 Å². The fourth-order valence-electron chi connectivity index (χ4n) is 3.30. The molecular weight excluding hydrogens is 408 g/mol. The van der Waals surface area contributed by atoms with Gasteiger partial charge < -0.3 is 0 Å². The number of hydrogen-bond acceptors (Lipinski definition) is 4. The molecular formula is C21H28N2O4S2. The third-order valence-corrected chi connectivity index (χ3v) is 8.40. The molecule has 0 bridgehead atoms. The van der Waals surface area contributed by atoms with E-state index in [4.69, 9.17) is 0 Å². The van der Waals surface area contributed by atoms with E-state index in [-0.39, 0.29) is 15.2 Å². The monoisotopic (exact) mass is 436 g/mol. The topological polar surface area (TPSA) is 83.5 Å². The third-order valence-electron chi connectivity index (χ3n) is 5.09. The van der Waals surface area contributed by atoms with Gasteiger partial charge in [0, 0.05) is 18.8 Å². The summed E-state index contributed by atoms with van der Waals surface area (Å²) in [6, 6.07) is 12.6. The Kier molecular flexibility index (Phi) is 6.08. The van der Waals surface area contributed by atoms with E-state index in [9.17, 15) is 16.8 Å². The maximum Gasteiger partial charge on any atom is 0.261 e. The molecule has 0 amide bonds. The number of nitrogens with one attached hydrogen (secondary N) is 1. The molecule has 0 aliphatic carbocycles. The van der Waals surface area contributed by atoms with Crippen molar-refractivity contribution in [1.82, 2.24) is 4.31 Å². The second-order valence-corrected chi connectivity index (χ2v) is 12.0. The van der Waals surface area contributed by atoms with E-state index in [1.54, 1.807) is 12.1 Å². The highest BCUT2D eigenvalue weighted by Gasteiger charge is 2.26. The Bertz CT molecular complexity index is 1050. The van der Waals surface area contributed by atoms with Crippen LogP contribution in [0.1, 0.15) is 45.6 Å². The number of sulfonamides is 2. The molecule has 1 fully saturated rings. The molecule has 2 aromatic rings. The molecule has 1 N–H and O–H groups in total. The number of benzene rings is 2. The summed E-state index contributed by atoms with van der Waals surface area (Å²) in [4.78, 5) is 0.340. The van der Waals surface area contributed by atoms with Gasteiger partial charge in [-0.2, -0.15) is 4.31 Å². The largest absolute Gasteiger partial charge is 0.280 e. The van der Waals surface area contributed by atoms with Crippen molar-refractivity contribution in [2.75, 3.05) is 17.8 Å². The number of hydrogen-bond donors (Lipinski definition) is 1. The van der Waals surface area contributed by atoms with Gasteiger partial charge in [-0.15, -0.1) is 0 Å². The number of nitrogens with zero attached hydrogens (tertiary/aromatic N) is 1. The van der Waals surface area contributed by atoms with Crippen LogP contribution in [0.25, 0.3) is 0 Å². The van der Waals surface area contributed by atoms with Crippen molar-refractivity contribution in [2.45, 2.75) is 55.2 Å². The fraction of sp³-hybridized carbons (Fsp3) is 0.429. The lowest BCUT2D eigenvalue weighted by Crippen LogP contribution is -2.35. The Labute approximate surface area is 174 Å². The lowest BCUT2D eigenvalue weighted by atomic mass is 9.87. The quantitative estimate of drug-likeness (QED) is 0.769. The van der Waals surface area contributed by atoms with Crippen molar-refractivity contribution >= 4 is 25.7 Å². The number of anilines is 1. The lowest BCUT2D eigenvalue weighted by Gasteiger charge is -2.25. The first-order valence-corrected chi connectivity index (χ1v) is 12.7. The maximum atomic E-state index is 12.7. The third kappa shape index (κ3) is 4.99. The van der Waals surface area contributed by atoms with Gasteiger partial charge in [-0.1, -0.05) is 39.3 Å². The summed E-state index contributed by atoms with van der Waals surface area (Å²) in [6.07, 6.45) is 2.78. The molecule has 1 saturated heterocycles. The fourth-order valence-corrected chi connectivity index (χ4v) is 5.87. The number of rotatable bonds is 5. The Morgan fingerprint density at radius 2 is 1.28 bits per heavy atom. The Balaban J connectivity index is 1.76. The smallest absolute Gasteiger partial charge is 0.261 e. The van der Waals surface area contributed by atoms with E-state index < -0.39 is 20.0 Å². The first kappa shape index (κ1) is 21.8. The van der Waals surface area contributed by atoms with Crippen molar-refractivity contribution in [1.29, 1.82) is 0 Å². The molecule has 1 aliphatic rings. The predicted octanol–water partition coefficient (Wildman–Crippen LogP) is 3.96. The summed E-state index contributed by atoms with van der Waals surface area (Å²) < 4.78 is 54.7. The molecule has 0 spiro atoms. The van der Waals surface area contributed by atoms with Gasteiger partial charge in [-0.25, -0.2) is 16.8 Å². The Morgan fingerprint density at radius 1 is 0.759 bits per heavy atom. The highest BCUT2D eigenvalue weighted by Crippen LogP contribution is 2.25. The summed E-state index contributed by atoms with van der Waals surface area (Å²) in [5, 5.41) is 0. The van der Waals surface area contributed by atoms with Gasteiger partial charge in [0.2, 0.25) is 10.0 Å². The predicted molar refractivity (Wildman–Crippen MR) is 115 cm³/mol. The molecule has 0 radical (unpaired) electrons. The van der Waals surface area contributed by atoms with E-state index in [1.165, 1.54) is 28.6 Å². The molecule has 158 valence electrons. The van der Waals surface area contributed by atoms with E-state index in [2.05, 4.69) is 25.5 Å². The van der Waals surface area contributed by atoms with E-state index in [0.29, 0.717) is 18.8 Å². The molecule has 29 heavy (non-hydrogen) atoms. The van der Waals surface area contributed by atoms with Crippen molar-refractivity contribution in [2.24, 2.45) is 0 Å². The summed E-state index contributed by atoms with van der Waals surface area (Å²) in [5.41, 5.74) is 1.30. The van der Waals surface area contributed by atoms with E-state index in [0.717, 1.165) is 24.8 Å². The zero-order valence-corrected chi connectivity index (χ0v) is 18.7. The summed E-state index contributed by atoms with van der Waals surface area (Å²) in [6.45, 7) is 7.25. The van der Waals surface area contributed by atoms with Gasteiger partial charge in [-0.05, 0) is 60.2 Å². The molecule has 2 aromatic carbocycles. The average Bonchev–Trinajstić information content (AvgIpc) is 2.68. The molecule has 3 rings (SSSR count). The minimum absolute atomic E-state index is 0.0641. The molecule has 6 nitrogen and oxygen atoms in total. The Hall–Kier alpha value is -1.90. The molecule has 8 heteroatoms. The van der Waals surface area contributed by atoms with Gasteiger partial charge in [0.25, 0.3) is 10.0 Å². The SMILES string of the molecule is CC(C)(C)c1ccc(S(=O)(=O)Nc2ccc(S(=O)(=O)N3CCCCC3)cc2)cc1. The second kappa shape index (κ2) is 8.08. The summed E-state index contributed by atoms with van der Waals surface area (Å²) >= 11 is 0. The average molecular weight is 437 g/mol. The lowest BCUT2D eigenvalue weighted by molar-refractivity contribution is 0.346.